The Morgan fingerprint density at radius 2 is 1.70 bits per heavy atom. The maximum Gasteiger partial charge on any atom is 0.251 e. The first-order chi connectivity index (χ1) is 13.0. The highest BCUT2D eigenvalue weighted by molar-refractivity contribution is 7.89. The lowest BCUT2D eigenvalue weighted by molar-refractivity contribution is 0.0951. The fraction of sp³-hybridized carbons (Fsp3) is 0.158. The molecule has 3 rings (SSSR count). The smallest absolute Gasteiger partial charge is 0.251 e. The van der Waals surface area contributed by atoms with Crippen LogP contribution in [0.25, 0.3) is 0 Å². The maximum atomic E-state index is 12.2. The molecule has 0 fully saturated rings. The number of hydrogen-bond donors (Lipinski definition) is 2. The molecule has 0 saturated heterocycles. The molecule has 2 N–H and O–H groups in total. The van der Waals surface area contributed by atoms with Gasteiger partial charge in [-0.05, 0) is 42.4 Å². The Balaban J connectivity index is 1.57. The summed E-state index contributed by atoms with van der Waals surface area (Å²) in [7, 11) is -2.16. The SMILES string of the molecule is CNS(=O)(=O)c1ccc(C(=O)NCc2ccc(Cn3ccnc3)cc2)cc1. The van der Waals surface area contributed by atoms with Crippen LogP contribution in [0.4, 0.5) is 0 Å². The van der Waals surface area contributed by atoms with Crippen LogP contribution in [0.15, 0.2) is 72.1 Å². The summed E-state index contributed by atoms with van der Waals surface area (Å²) in [5.74, 6) is -0.258. The monoisotopic (exact) mass is 384 g/mol. The highest BCUT2D eigenvalue weighted by Gasteiger charge is 2.12. The second-order valence-corrected chi connectivity index (χ2v) is 7.85. The van der Waals surface area contributed by atoms with E-state index in [1.807, 2.05) is 35.0 Å². The molecule has 0 spiro atoms. The maximum absolute atomic E-state index is 12.2. The van der Waals surface area contributed by atoms with Crippen molar-refractivity contribution in [3.05, 3.63) is 83.9 Å². The summed E-state index contributed by atoms with van der Waals surface area (Å²) in [6, 6.07) is 13.8. The number of amides is 1. The Labute approximate surface area is 158 Å². The third kappa shape index (κ3) is 4.81. The van der Waals surface area contributed by atoms with Gasteiger partial charge in [-0.2, -0.15) is 0 Å². The number of rotatable bonds is 7. The Hall–Kier alpha value is -2.97. The van der Waals surface area contributed by atoms with Gasteiger partial charge in [-0.25, -0.2) is 18.1 Å². The van der Waals surface area contributed by atoms with E-state index in [1.54, 1.807) is 12.5 Å². The minimum Gasteiger partial charge on any atom is -0.348 e. The van der Waals surface area contributed by atoms with Gasteiger partial charge in [0.15, 0.2) is 0 Å². The summed E-state index contributed by atoms with van der Waals surface area (Å²) in [5.41, 5.74) is 2.53. The first-order valence-electron chi connectivity index (χ1n) is 8.33. The number of carbonyl (C=O) groups excluding carboxylic acids is 1. The Bertz CT molecular complexity index is 996. The van der Waals surface area contributed by atoms with Crippen molar-refractivity contribution in [3.63, 3.8) is 0 Å². The number of hydrogen-bond acceptors (Lipinski definition) is 4. The van der Waals surface area contributed by atoms with E-state index >= 15 is 0 Å². The normalized spacial score (nSPS) is 11.3. The fourth-order valence-electron chi connectivity index (χ4n) is 2.54. The van der Waals surface area contributed by atoms with E-state index in [0.717, 1.165) is 17.7 Å². The first-order valence-corrected chi connectivity index (χ1v) is 9.81. The van der Waals surface area contributed by atoms with Gasteiger partial charge in [-0.3, -0.25) is 4.79 Å². The van der Waals surface area contributed by atoms with Crippen molar-refractivity contribution in [3.8, 4) is 0 Å². The van der Waals surface area contributed by atoms with Crippen LogP contribution < -0.4 is 10.0 Å². The molecule has 3 aromatic rings. The topological polar surface area (TPSA) is 93.1 Å². The van der Waals surface area contributed by atoms with Crippen LogP contribution in [0.1, 0.15) is 21.5 Å². The van der Waals surface area contributed by atoms with Crippen LogP contribution in [0, 0.1) is 0 Å². The molecule has 1 heterocycles. The lowest BCUT2D eigenvalue weighted by atomic mass is 10.1. The highest BCUT2D eigenvalue weighted by Crippen LogP contribution is 2.11. The van der Waals surface area contributed by atoms with Crippen molar-refractivity contribution in [2.75, 3.05) is 7.05 Å². The van der Waals surface area contributed by atoms with Gasteiger partial charge in [0.25, 0.3) is 5.91 Å². The van der Waals surface area contributed by atoms with Gasteiger partial charge in [0.2, 0.25) is 10.0 Å². The highest BCUT2D eigenvalue weighted by atomic mass is 32.2. The molecule has 0 aliphatic rings. The summed E-state index contributed by atoms with van der Waals surface area (Å²) >= 11 is 0. The molecular formula is C19H20N4O3S. The van der Waals surface area contributed by atoms with E-state index < -0.39 is 10.0 Å². The molecule has 27 heavy (non-hydrogen) atoms. The number of carbonyl (C=O) groups is 1. The molecule has 2 aromatic carbocycles. The fourth-order valence-corrected chi connectivity index (χ4v) is 3.27. The third-order valence-corrected chi connectivity index (χ3v) is 5.53. The molecular weight excluding hydrogens is 364 g/mol. The zero-order chi connectivity index (χ0) is 19.3. The summed E-state index contributed by atoms with van der Waals surface area (Å²) in [6.07, 6.45) is 5.41. The van der Waals surface area contributed by atoms with Crippen molar-refractivity contribution >= 4 is 15.9 Å². The van der Waals surface area contributed by atoms with Gasteiger partial charge in [-0.15, -0.1) is 0 Å². The molecule has 8 heteroatoms. The second kappa shape index (κ2) is 8.15. The van der Waals surface area contributed by atoms with Crippen molar-refractivity contribution in [1.82, 2.24) is 19.6 Å². The standard InChI is InChI=1S/C19H20N4O3S/c1-20-27(25,26)18-8-6-17(7-9-18)19(24)22-12-15-2-4-16(5-3-15)13-23-11-10-21-14-23/h2-11,14,20H,12-13H2,1H3,(H,22,24). The third-order valence-electron chi connectivity index (χ3n) is 4.10. The summed E-state index contributed by atoms with van der Waals surface area (Å²) in [5, 5.41) is 2.83. The number of nitrogens with zero attached hydrogens (tertiary/aromatic N) is 2. The minimum absolute atomic E-state index is 0.120. The van der Waals surface area contributed by atoms with Crippen LogP contribution in [0.2, 0.25) is 0 Å². The zero-order valence-corrected chi connectivity index (χ0v) is 15.6. The number of nitrogens with one attached hydrogen (secondary N) is 2. The predicted molar refractivity (Wildman–Crippen MR) is 102 cm³/mol. The molecule has 0 aliphatic carbocycles. The molecule has 0 atom stereocenters. The van der Waals surface area contributed by atoms with Gasteiger partial charge in [-0.1, -0.05) is 24.3 Å². The molecule has 0 saturated carbocycles. The molecule has 7 nitrogen and oxygen atoms in total. The molecule has 0 radical (unpaired) electrons. The quantitative estimate of drug-likeness (QED) is 0.649. The van der Waals surface area contributed by atoms with Crippen molar-refractivity contribution in [2.45, 2.75) is 18.0 Å². The van der Waals surface area contributed by atoms with Crippen LogP contribution in [0.3, 0.4) is 0 Å². The van der Waals surface area contributed by atoms with Crippen LogP contribution in [-0.4, -0.2) is 30.9 Å². The average molecular weight is 384 g/mol. The van der Waals surface area contributed by atoms with Gasteiger partial charge in [0.1, 0.15) is 0 Å². The van der Waals surface area contributed by atoms with E-state index in [4.69, 9.17) is 0 Å². The van der Waals surface area contributed by atoms with Gasteiger partial charge >= 0.3 is 0 Å². The number of benzene rings is 2. The lowest BCUT2D eigenvalue weighted by Gasteiger charge is -2.08. The summed E-state index contributed by atoms with van der Waals surface area (Å²) < 4.78 is 27.6. The van der Waals surface area contributed by atoms with Gasteiger partial charge < -0.3 is 9.88 Å². The Morgan fingerprint density at radius 3 is 2.30 bits per heavy atom. The Kier molecular flexibility index (Phi) is 5.68. The van der Waals surface area contributed by atoms with Crippen LogP contribution in [0.5, 0.6) is 0 Å². The van der Waals surface area contributed by atoms with E-state index in [1.165, 1.54) is 31.3 Å². The van der Waals surface area contributed by atoms with E-state index in [9.17, 15) is 13.2 Å². The summed E-state index contributed by atoms with van der Waals surface area (Å²) in [6.45, 7) is 1.13. The first kappa shape index (κ1) is 18.8. The van der Waals surface area contributed by atoms with Crippen LogP contribution >= 0.6 is 0 Å². The molecule has 0 unspecified atom stereocenters. The number of imidazole rings is 1. The molecule has 0 aliphatic heterocycles. The van der Waals surface area contributed by atoms with Gasteiger partial charge in [0, 0.05) is 31.0 Å². The van der Waals surface area contributed by atoms with Crippen molar-refractivity contribution in [2.24, 2.45) is 0 Å². The molecule has 0 bridgehead atoms. The van der Waals surface area contributed by atoms with Gasteiger partial charge in [0.05, 0.1) is 11.2 Å². The van der Waals surface area contributed by atoms with Crippen molar-refractivity contribution < 1.29 is 13.2 Å². The lowest BCUT2D eigenvalue weighted by Crippen LogP contribution is -2.23. The predicted octanol–water partition coefficient (Wildman–Crippen LogP) is 1.77. The largest absolute Gasteiger partial charge is 0.348 e. The van der Waals surface area contributed by atoms with Crippen molar-refractivity contribution in [1.29, 1.82) is 0 Å². The minimum atomic E-state index is -3.51. The van der Waals surface area contributed by atoms with E-state index in [0.29, 0.717) is 12.1 Å². The van der Waals surface area contributed by atoms with Crippen LogP contribution in [-0.2, 0) is 23.1 Å². The number of aromatic nitrogens is 2. The average Bonchev–Trinajstić information content (AvgIpc) is 3.20. The molecule has 1 aromatic heterocycles. The van der Waals surface area contributed by atoms with E-state index in [2.05, 4.69) is 15.0 Å². The second-order valence-electron chi connectivity index (χ2n) is 5.97. The van der Waals surface area contributed by atoms with E-state index in [-0.39, 0.29) is 10.8 Å². The molecule has 140 valence electrons. The Morgan fingerprint density at radius 1 is 1.04 bits per heavy atom. The molecule has 1 amide bonds. The summed E-state index contributed by atoms with van der Waals surface area (Å²) in [4.78, 5) is 16.4. The number of sulfonamides is 1. The zero-order valence-electron chi connectivity index (χ0n) is 14.8.